The third kappa shape index (κ3) is 11.1. The number of carbonyl (C=O) groups is 3. The molecule has 0 saturated carbocycles. The molecule has 4 rings (SSSR count). The van der Waals surface area contributed by atoms with Crippen LogP contribution in [0.5, 0.6) is 11.5 Å². The van der Waals surface area contributed by atoms with E-state index in [0.29, 0.717) is 28.5 Å². The van der Waals surface area contributed by atoms with E-state index >= 15 is 0 Å². The first-order valence-electron chi connectivity index (χ1n) is 16.2. The molecule has 0 bridgehead atoms. The van der Waals surface area contributed by atoms with Crippen molar-refractivity contribution in [2.24, 2.45) is 0 Å². The molecule has 51 heavy (non-hydrogen) atoms. The van der Waals surface area contributed by atoms with Crippen molar-refractivity contribution >= 4 is 47.0 Å². The van der Waals surface area contributed by atoms with Crippen LogP contribution in [0.25, 0.3) is 0 Å². The van der Waals surface area contributed by atoms with Crippen LogP contribution in [0.1, 0.15) is 59.1 Å². The van der Waals surface area contributed by atoms with Crippen molar-refractivity contribution in [1.29, 1.82) is 5.41 Å². The molecule has 0 aliphatic carbocycles. The predicted molar refractivity (Wildman–Crippen MR) is 190 cm³/mol. The van der Waals surface area contributed by atoms with Crippen LogP contribution in [0, 0.1) is 15.5 Å². The van der Waals surface area contributed by atoms with Crippen molar-refractivity contribution in [3.05, 3.63) is 93.0 Å². The molecule has 2 N–H and O–H groups in total. The van der Waals surface area contributed by atoms with E-state index in [1.54, 1.807) is 90.1 Å². The largest absolute Gasteiger partial charge is 0.493 e. The highest BCUT2D eigenvalue weighted by molar-refractivity contribution is 6.31. The third-order valence-corrected chi connectivity index (χ3v) is 7.61. The highest BCUT2D eigenvalue weighted by atomic mass is 35.5. The molecular weight excluding hydrogens is 682 g/mol. The Bertz CT molecular complexity index is 1770. The Morgan fingerprint density at radius 3 is 2.31 bits per heavy atom. The van der Waals surface area contributed by atoms with Gasteiger partial charge in [0.15, 0.2) is 6.10 Å². The van der Waals surface area contributed by atoms with Gasteiger partial charge in [0.05, 0.1) is 23.8 Å². The Balaban J connectivity index is 1.38. The van der Waals surface area contributed by atoms with E-state index in [0.717, 1.165) is 10.5 Å². The van der Waals surface area contributed by atoms with E-state index in [-0.39, 0.29) is 43.4 Å². The first kappa shape index (κ1) is 38.4. The Morgan fingerprint density at radius 2 is 1.69 bits per heavy atom. The zero-order valence-corrected chi connectivity index (χ0v) is 30.1. The molecule has 272 valence electrons. The lowest BCUT2D eigenvalue weighted by molar-refractivity contribution is -0.384. The third-order valence-electron chi connectivity index (χ3n) is 7.24. The molecule has 1 aliphatic heterocycles. The molecular formula is C36H42ClN5O9. The van der Waals surface area contributed by atoms with Gasteiger partial charge >= 0.3 is 12.2 Å². The summed E-state index contributed by atoms with van der Waals surface area (Å²) < 4.78 is 22.6. The molecule has 3 aromatic rings. The van der Waals surface area contributed by atoms with Crippen molar-refractivity contribution in [2.75, 3.05) is 18.1 Å². The molecule has 0 fully saturated rings. The summed E-state index contributed by atoms with van der Waals surface area (Å²) in [5, 5.41) is 22.6. The summed E-state index contributed by atoms with van der Waals surface area (Å²) in [5.74, 6) is -0.0157. The molecule has 3 aromatic carbocycles. The van der Waals surface area contributed by atoms with Gasteiger partial charge in [-0.05, 0) is 83.4 Å². The summed E-state index contributed by atoms with van der Waals surface area (Å²) in [4.78, 5) is 52.2. The second-order valence-electron chi connectivity index (χ2n) is 13.7. The summed E-state index contributed by atoms with van der Waals surface area (Å²) in [7, 11) is 0. The number of amides is 3. The Hall–Kier alpha value is -5.37. The minimum atomic E-state index is -0.913. The number of hydrogen-bond acceptors (Lipinski definition) is 10. The summed E-state index contributed by atoms with van der Waals surface area (Å²) in [6.07, 6.45) is -2.07. The van der Waals surface area contributed by atoms with E-state index in [1.165, 1.54) is 23.1 Å². The van der Waals surface area contributed by atoms with Crippen LogP contribution in [-0.4, -0.2) is 64.3 Å². The molecule has 0 aromatic heterocycles. The minimum Gasteiger partial charge on any atom is -0.493 e. The zero-order chi connectivity index (χ0) is 37.5. The normalized spacial score (nSPS) is 14.1. The molecule has 14 nitrogen and oxygen atoms in total. The van der Waals surface area contributed by atoms with E-state index in [1.807, 2.05) is 0 Å². The second-order valence-corrected chi connectivity index (χ2v) is 14.1. The number of alkyl carbamates (subject to hydrolysis) is 1. The topological polar surface area (TPSA) is 174 Å². The van der Waals surface area contributed by atoms with Crippen LogP contribution >= 0.6 is 11.6 Å². The van der Waals surface area contributed by atoms with E-state index < -0.39 is 40.4 Å². The molecule has 15 heteroatoms. The highest BCUT2D eigenvalue weighted by Gasteiger charge is 2.36. The van der Waals surface area contributed by atoms with Crippen LogP contribution in [-0.2, 0) is 27.2 Å². The lowest BCUT2D eigenvalue weighted by atomic mass is 10.1. The lowest BCUT2D eigenvalue weighted by Gasteiger charge is -2.34. The number of carbonyl (C=O) groups excluding carboxylic acids is 3. The van der Waals surface area contributed by atoms with Crippen molar-refractivity contribution in [1.82, 2.24) is 10.2 Å². The van der Waals surface area contributed by atoms with Crippen molar-refractivity contribution in [3.8, 4) is 11.5 Å². The van der Waals surface area contributed by atoms with Crippen LogP contribution in [0.2, 0.25) is 5.02 Å². The predicted octanol–water partition coefficient (Wildman–Crippen LogP) is 7.25. The number of guanidine groups is 1. The molecule has 3 amide bonds. The summed E-state index contributed by atoms with van der Waals surface area (Å²) in [5.41, 5.74) is -0.0278. The monoisotopic (exact) mass is 723 g/mol. The maximum atomic E-state index is 13.6. The van der Waals surface area contributed by atoms with Crippen LogP contribution < -0.4 is 19.7 Å². The SMILES string of the molecule is CC(C)(C)OC(=O)NC(=N)N(CCc1ccc(OCCC2Oc3ccc([N+](=O)[O-])cc3N(Cc3ccccc3Cl)C2=O)cc1)C(=O)OC(C)(C)C. The molecule has 0 radical (unpaired) electrons. The van der Waals surface area contributed by atoms with Gasteiger partial charge in [0.25, 0.3) is 11.6 Å². The number of nitrogens with zero attached hydrogens (tertiary/aromatic N) is 3. The van der Waals surface area contributed by atoms with Gasteiger partial charge in [-0.1, -0.05) is 41.9 Å². The first-order chi connectivity index (χ1) is 23.9. The van der Waals surface area contributed by atoms with E-state index in [2.05, 4.69) is 5.32 Å². The minimum absolute atomic E-state index is 0.0280. The number of fused-ring (bicyclic) bond motifs is 1. The number of nitrogens with one attached hydrogen (secondary N) is 2. The number of ether oxygens (including phenoxy) is 4. The van der Waals surface area contributed by atoms with Gasteiger partial charge < -0.3 is 23.8 Å². The number of halogens is 1. The average molecular weight is 724 g/mol. The molecule has 0 saturated heterocycles. The summed E-state index contributed by atoms with van der Waals surface area (Å²) >= 11 is 6.37. The maximum absolute atomic E-state index is 13.6. The number of benzene rings is 3. The van der Waals surface area contributed by atoms with Crippen LogP contribution in [0.15, 0.2) is 66.7 Å². The fourth-order valence-corrected chi connectivity index (χ4v) is 5.12. The van der Waals surface area contributed by atoms with Gasteiger partial charge in [0.2, 0.25) is 5.96 Å². The first-order valence-corrected chi connectivity index (χ1v) is 16.6. The lowest BCUT2D eigenvalue weighted by Crippen LogP contribution is -2.50. The fourth-order valence-electron chi connectivity index (χ4n) is 4.92. The Morgan fingerprint density at radius 1 is 1.02 bits per heavy atom. The summed E-state index contributed by atoms with van der Waals surface area (Å²) in [6, 6.07) is 18.2. The zero-order valence-electron chi connectivity index (χ0n) is 29.4. The molecule has 1 heterocycles. The van der Waals surface area contributed by atoms with E-state index in [9.17, 15) is 24.5 Å². The maximum Gasteiger partial charge on any atom is 0.417 e. The van der Waals surface area contributed by atoms with Gasteiger partial charge in [0.1, 0.15) is 22.7 Å². The smallest absolute Gasteiger partial charge is 0.417 e. The Kier molecular flexibility index (Phi) is 12.1. The van der Waals surface area contributed by atoms with Crippen molar-refractivity contribution < 1.29 is 38.3 Å². The standard InChI is InChI=1S/C36H42ClN5O9/c1-35(2,3)50-33(44)39-32(38)40(34(45)51-36(4,5)6)19-17-23-11-14-26(15-12-23)48-20-18-30-31(43)41(22-24-9-7-8-10-27(24)37)28-21-25(42(46)47)13-16-29(28)49-30/h7-16,21,30H,17-20,22H2,1-6H3,(H2,38,39,44). The van der Waals surface area contributed by atoms with Gasteiger partial charge in [0, 0.05) is 30.1 Å². The quantitative estimate of drug-likeness (QED) is 0.0945. The molecule has 1 aliphatic rings. The van der Waals surface area contributed by atoms with Crippen LogP contribution in [0.3, 0.4) is 0 Å². The van der Waals surface area contributed by atoms with E-state index in [4.69, 9.17) is 36.0 Å². The number of anilines is 1. The molecule has 1 atom stereocenters. The number of non-ortho nitro benzene ring substituents is 1. The fraction of sp³-hybridized carbons (Fsp3) is 0.389. The van der Waals surface area contributed by atoms with Gasteiger partial charge in [-0.15, -0.1) is 0 Å². The van der Waals surface area contributed by atoms with Gasteiger partial charge in [-0.25, -0.2) is 14.5 Å². The number of rotatable bonds is 10. The summed E-state index contributed by atoms with van der Waals surface area (Å²) in [6.45, 7) is 10.4. The number of nitro groups is 1. The molecule has 0 spiro atoms. The van der Waals surface area contributed by atoms with Gasteiger partial charge in [-0.3, -0.25) is 25.6 Å². The highest BCUT2D eigenvalue weighted by Crippen LogP contribution is 2.39. The van der Waals surface area contributed by atoms with Crippen molar-refractivity contribution in [3.63, 3.8) is 0 Å². The average Bonchev–Trinajstić information content (AvgIpc) is 3.02. The molecule has 1 unspecified atom stereocenters. The van der Waals surface area contributed by atoms with Crippen molar-refractivity contribution in [2.45, 2.75) is 78.2 Å². The Labute approximate surface area is 301 Å². The van der Waals surface area contributed by atoms with Crippen LogP contribution in [0.4, 0.5) is 21.0 Å². The number of nitro benzene ring substituents is 1. The second kappa shape index (κ2) is 16.1. The number of hydrogen-bond donors (Lipinski definition) is 2. The van der Waals surface area contributed by atoms with Gasteiger partial charge in [-0.2, -0.15) is 0 Å².